The van der Waals surface area contributed by atoms with E-state index in [9.17, 15) is 4.79 Å². The van der Waals surface area contributed by atoms with Crippen LogP contribution in [0, 0.1) is 5.92 Å². The van der Waals surface area contributed by atoms with Crippen LogP contribution in [0.4, 0.5) is 5.82 Å². The van der Waals surface area contributed by atoms with Gasteiger partial charge in [-0.25, -0.2) is 0 Å². The van der Waals surface area contributed by atoms with Crippen molar-refractivity contribution in [3.8, 4) is 22.1 Å². The number of amides is 1. The van der Waals surface area contributed by atoms with Gasteiger partial charge >= 0.3 is 0 Å². The monoisotopic (exact) mass is 464 g/mol. The lowest BCUT2D eigenvalue weighted by Crippen LogP contribution is -2.46. The van der Waals surface area contributed by atoms with Gasteiger partial charge in [-0.1, -0.05) is 6.07 Å². The lowest BCUT2D eigenvalue weighted by atomic mass is 9.93. The van der Waals surface area contributed by atoms with E-state index in [0.29, 0.717) is 18.8 Å². The molecule has 2 aliphatic heterocycles. The van der Waals surface area contributed by atoms with Crippen molar-refractivity contribution in [2.75, 3.05) is 38.8 Å². The molecule has 5 rings (SSSR count). The number of carbonyl (C=O) groups excluding carboxylic acids is 1. The zero-order valence-electron chi connectivity index (χ0n) is 19.0. The number of hydrogen-bond donors (Lipinski definition) is 0. The van der Waals surface area contributed by atoms with E-state index in [0.717, 1.165) is 60.1 Å². The number of aromatic nitrogens is 2. The summed E-state index contributed by atoms with van der Waals surface area (Å²) < 4.78 is 10.9. The fraction of sp³-hybridized carbons (Fsp3) is 0.400. The van der Waals surface area contributed by atoms with Crippen molar-refractivity contribution in [3.05, 3.63) is 52.9 Å². The number of nitrogens with zero attached hydrogens (tertiary/aromatic N) is 4. The van der Waals surface area contributed by atoms with Crippen LogP contribution in [0.25, 0.3) is 10.6 Å². The van der Waals surface area contributed by atoms with Crippen LogP contribution in [0.2, 0.25) is 0 Å². The van der Waals surface area contributed by atoms with Crippen LogP contribution >= 0.6 is 11.3 Å². The topological polar surface area (TPSA) is 67.8 Å². The summed E-state index contributed by atoms with van der Waals surface area (Å²) in [6.45, 7) is 2.92. The summed E-state index contributed by atoms with van der Waals surface area (Å²) >= 11 is 1.66. The van der Waals surface area contributed by atoms with Gasteiger partial charge in [0.2, 0.25) is 5.91 Å². The van der Waals surface area contributed by atoms with E-state index < -0.39 is 0 Å². The molecule has 1 atom stereocenters. The van der Waals surface area contributed by atoms with Gasteiger partial charge in [-0.05, 0) is 66.1 Å². The van der Waals surface area contributed by atoms with E-state index in [1.165, 1.54) is 5.56 Å². The Morgan fingerprint density at radius 2 is 1.88 bits per heavy atom. The van der Waals surface area contributed by atoms with Crippen LogP contribution < -0.4 is 14.4 Å². The molecule has 2 aromatic heterocycles. The van der Waals surface area contributed by atoms with Gasteiger partial charge in [0.05, 0.1) is 25.0 Å². The molecule has 0 N–H and O–H groups in total. The Bertz CT molecular complexity index is 1120. The molecule has 2 aliphatic rings. The van der Waals surface area contributed by atoms with E-state index in [1.54, 1.807) is 25.6 Å². The highest BCUT2D eigenvalue weighted by molar-refractivity contribution is 7.13. The summed E-state index contributed by atoms with van der Waals surface area (Å²) in [5, 5.41) is 10.9. The van der Waals surface area contributed by atoms with Crippen LogP contribution in [0.15, 0.2) is 41.8 Å². The first-order valence-electron chi connectivity index (χ1n) is 11.3. The molecule has 33 heavy (non-hydrogen) atoms. The number of thiophene rings is 1. The van der Waals surface area contributed by atoms with Gasteiger partial charge in [0.15, 0.2) is 17.3 Å². The number of hydrogen-bond acceptors (Lipinski definition) is 7. The number of benzene rings is 1. The first kappa shape index (κ1) is 21.7. The van der Waals surface area contributed by atoms with Crippen molar-refractivity contribution >= 4 is 23.1 Å². The fourth-order valence-corrected chi connectivity index (χ4v) is 5.46. The maximum atomic E-state index is 13.4. The van der Waals surface area contributed by atoms with Gasteiger partial charge in [-0.2, -0.15) is 0 Å². The predicted octanol–water partition coefficient (Wildman–Crippen LogP) is 4.02. The number of anilines is 1. The third-order valence-corrected chi connectivity index (χ3v) is 7.44. The van der Waals surface area contributed by atoms with Gasteiger partial charge in [0.25, 0.3) is 0 Å². The molecule has 1 amide bonds. The average Bonchev–Trinajstić information content (AvgIpc) is 3.42. The molecular formula is C25H28N4O3S. The number of fused-ring (bicyclic) bond motifs is 1. The van der Waals surface area contributed by atoms with Crippen molar-refractivity contribution in [1.82, 2.24) is 15.1 Å². The molecular weight excluding hydrogens is 436 g/mol. The van der Waals surface area contributed by atoms with Crippen LogP contribution in [0.5, 0.6) is 11.5 Å². The van der Waals surface area contributed by atoms with E-state index in [4.69, 9.17) is 9.47 Å². The summed E-state index contributed by atoms with van der Waals surface area (Å²) in [7, 11) is 3.29. The predicted molar refractivity (Wildman–Crippen MR) is 129 cm³/mol. The Balaban J connectivity index is 1.27. The number of methoxy groups -OCH3 is 2. The highest BCUT2D eigenvalue weighted by Crippen LogP contribution is 2.34. The molecule has 8 heteroatoms. The molecule has 1 aromatic carbocycles. The highest BCUT2D eigenvalue weighted by atomic mass is 32.1. The first-order valence-corrected chi connectivity index (χ1v) is 12.2. The van der Waals surface area contributed by atoms with Crippen LogP contribution in [-0.4, -0.2) is 54.9 Å². The van der Waals surface area contributed by atoms with Crippen molar-refractivity contribution < 1.29 is 14.3 Å². The van der Waals surface area contributed by atoms with Gasteiger partial charge in [-0.3, -0.25) is 4.79 Å². The summed E-state index contributed by atoms with van der Waals surface area (Å²) in [5.74, 6) is 2.49. The Kier molecular flexibility index (Phi) is 6.17. The maximum absolute atomic E-state index is 13.4. The minimum atomic E-state index is -0.0285. The molecule has 3 aromatic rings. The van der Waals surface area contributed by atoms with E-state index in [1.807, 2.05) is 46.7 Å². The first-order chi connectivity index (χ1) is 16.2. The van der Waals surface area contributed by atoms with Crippen molar-refractivity contribution in [1.29, 1.82) is 0 Å². The zero-order valence-corrected chi connectivity index (χ0v) is 19.8. The number of ether oxygens (including phenoxy) is 2. The molecule has 1 fully saturated rings. The Morgan fingerprint density at radius 1 is 1.06 bits per heavy atom. The van der Waals surface area contributed by atoms with E-state index in [-0.39, 0.29) is 11.8 Å². The molecule has 0 saturated carbocycles. The van der Waals surface area contributed by atoms with Crippen LogP contribution in [0.3, 0.4) is 0 Å². The molecule has 0 bridgehead atoms. The number of carbonyl (C=O) groups is 1. The Hall–Kier alpha value is -3.13. The summed E-state index contributed by atoms with van der Waals surface area (Å²) in [4.78, 5) is 18.7. The Morgan fingerprint density at radius 3 is 2.58 bits per heavy atom. The van der Waals surface area contributed by atoms with Gasteiger partial charge < -0.3 is 19.3 Å². The normalized spacial score (nSPS) is 18.1. The van der Waals surface area contributed by atoms with E-state index >= 15 is 0 Å². The molecule has 172 valence electrons. The summed E-state index contributed by atoms with van der Waals surface area (Å²) in [6.07, 6.45) is 2.71. The second-order valence-electron chi connectivity index (χ2n) is 8.52. The second-order valence-corrected chi connectivity index (χ2v) is 9.47. The molecule has 1 unspecified atom stereocenters. The van der Waals surface area contributed by atoms with Gasteiger partial charge in [0, 0.05) is 26.2 Å². The highest BCUT2D eigenvalue weighted by Gasteiger charge is 2.32. The average molecular weight is 465 g/mol. The fourth-order valence-electron chi connectivity index (χ4n) is 4.77. The molecule has 1 saturated heterocycles. The lowest BCUT2D eigenvalue weighted by Gasteiger charge is -2.37. The van der Waals surface area contributed by atoms with Crippen molar-refractivity contribution in [3.63, 3.8) is 0 Å². The number of piperidine rings is 1. The molecule has 4 heterocycles. The summed E-state index contributed by atoms with van der Waals surface area (Å²) in [6, 6.07) is 12.1. The molecule has 0 radical (unpaired) electrons. The zero-order chi connectivity index (χ0) is 22.8. The van der Waals surface area contributed by atoms with Crippen molar-refractivity contribution in [2.45, 2.75) is 25.8 Å². The molecule has 7 nitrogen and oxygen atoms in total. The minimum absolute atomic E-state index is 0.0285. The largest absolute Gasteiger partial charge is 0.493 e. The van der Waals surface area contributed by atoms with Crippen LogP contribution in [0.1, 0.15) is 24.0 Å². The molecule has 0 spiro atoms. The summed E-state index contributed by atoms with van der Waals surface area (Å²) in [5.41, 5.74) is 3.25. The SMILES string of the molecule is COc1cc2c(cc1OC)CN(C(=O)C1CCCN(c3ccc(-c4cccs4)nn3)C1)CC2. The van der Waals surface area contributed by atoms with E-state index in [2.05, 4.69) is 15.1 Å². The van der Waals surface area contributed by atoms with Gasteiger partial charge in [0.1, 0.15) is 5.69 Å². The third-order valence-electron chi connectivity index (χ3n) is 6.55. The van der Waals surface area contributed by atoms with Crippen molar-refractivity contribution in [2.24, 2.45) is 5.92 Å². The standard InChI is InChI=1S/C25H28N4O3S/c1-31-21-13-17-9-11-29(16-19(17)14-22(21)32-2)25(30)18-5-3-10-28(15-18)24-8-7-20(26-27-24)23-6-4-12-33-23/h4,6-8,12-14,18H,3,5,9-11,15-16H2,1-2H3. The minimum Gasteiger partial charge on any atom is -0.493 e. The molecule has 0 aliphatic carbocycles. The maximum Gasteiger partial charge on any atom is 0.227 e. The number of rotatable bonds is 5. The third kappa shape index (κ3) is 4.39. The smallest absolute Gasteiger partial charge is 0.227 e. The second kappa shape index (κ2) is 9.39. The quantitative estimate of drug-likeness (QED) is 0.568. The lowest BCUT2D eigenvalue weighted by molar-refractivity contribution is -0.136. The van der Waals surface area contributed by atoms with Gasteiger partial charge in [-0.15, -0.1) is 21.5 Å². The Labute approximate surface area is 198 Å². The van der Waals surface area contributed by atoms with Crippen LogP contribution in [-0.2, 0) is 17.8 Å².